The minimum atomic E-state index is -0.163. The van der Waals surface area contributed by atoms with E-state index in [0.717, 1.165) is 30.4 Å². The fourth-order valence-electron chi connectivity index (χ4n) is 7.05. The monoisotopic (exact) mass is 607 g/mol. The lowest BCUT2D eigenvalue weighted by Gasteiger charge is -2.51. The molecule has 5 rings (SSSR count). The molecule has 0 saturated carbocycles. The molecule has 238 valence electrons. The number of rotatable bonds is 6. The Kier molecular flexibility index (Phi) is 10.6. The van der Waals surface area contributed by atoms with Gasteiger partial charge in [0.2, 0.25) is 11.8 Å². The van der Waals surface area contributed by atoms with Crippen LogP contribution in [-0.2, 0) is 22.4 Å². The first-order valence-corrected chi connectivity index (χ1v) is 15.8. The number of aryl methyl sites for hydroxylation is 2. The number of hydrogen-bond donors (Lipinski definition) is 2. The maximum absolute atomic E-state index is 13.9. The molecule has 0 aliphatic carbocycles. The molecule has 3 N–H and O–H groups in total. The zero-order valence-corrected chi connectivity index (χ0v) is 25.9. The number of carbonyl (C=O) groups excluding carboxylic acids is 3. The second-order valence-electron chi connectivity index (χ2n) is 12.0. The summed E-state index contributed by atoms with van der Waals surface area (Å²) >= 11 is 0. The molecule has 1 aromatic carbocycles. The smallest absolute Gasteiger partial charge is 0.276 e. The molecule has 0 spiro atoms. The largest absolute Gasteiger partial charge is 0.493 e. The van der Waals surface area contributed by atoms with Crippen LogP contribution >= 0.6 is 0 Å². The Hall–Kier alpha value is -3.86. The number of methoxy groups -OCH3 is 2. The molecule has 3 amide bonds. The Morgan fingerprint density at radius 1 is 1.05 bits per heavy atom. The van der Waals surface area contributed by atoms with Crippen LogP contribution in [0.25, 0.3) is 0 Å². The number of aromatic nitrogens is 1. The van der Waals surface area contributed by atoms with Crippen LogP contribution in [-0.4, -0.2) is 92.1 Å². The van der Waals surface area contributed by atoms with Crippen LogP contribution in [0.15, 0.2) is 30.5 Å². The molecule has 0 radical (unpaired) electrons. The summed E-state index contributed by atoms with van der Waals surface area (Å²) in [6.45, 7) is 2.89. The van der Waals surface area contributed by atoms with Crippen molar-refractivity contribution >= 4 is 17.7 Å². The van der Waals surface area contributed by atoms with Gasteiger partial charge in [-0.25, -0.2) is 4.98 Å². The van der Waals surface area contributed by atoms with Crippen molar-refractivity contribution in [3.05, 3.63) is 47.3 Å². The third-order valence-corrected chi connectivity index (χ3v) is 9.02. The maximum atomic E-state index is 13.9. The number of nitrogens with one attached hydrogen (secondary N) is 1. The fourth-order valence-corrected chi connectivity index (χ4v) is 7.05. The first kappa shape index (κ1) is 31.6. The van der Waals surface area contributed by atoms with Gasteiger partial charge in [0.05, 0.1) is 14.2 Å². The standard InChI is InChI=1S/C33H45N5O6/c1-42-28-18-22-10-11-30(40)38-20-23-17-25(21-37(19-23)33(41)31-27(44-15-12-34)8-5-14-36-31)26(38)7-3-9-29(39)35-13-4-6-24(16-22)32(28)43-2/h5,8,14,16,18,23,25-26H,3-4,6-7,9-13,15,17,19-21,34H2,1-2H3,(H,35,39)/t23-,25+,26-/m0/s1. The topological polar surface area (TPSA) is 136 Å². The molecule has 2 aromatic rings. The number of pyridine rings is 1. The molecule has 44 heavy (non-hydrogen) atoms. The summed E-state index contributed by atoms with van der Waals surface area (Å²) in [5.74, 6) is 2.02. The molecule has 4 heterocycles. The number of benzene rings is 1. The lowest BCUT2D eigenvalue weighted by atomic mass is 9.77. The third kappa shape index (κ3) is 7.26. The highest BCUT2D eigenvalue weighted by Gasteiger charge is 2.44. The van der Waals surface area contributed by atoms with Crippen LogP contribution in [0.5, 0.6) is 17.2 Å². The van der Waals surface area contributed by atoms with Crippen LogP contribution < -0.4 is 25.3 Å². The van der Waals surface area contributed by atoms with Crippen LogP contribution in [0.1, 0.15) is 60.1 Å². The van der Waals surface area contributed by atoms with Crippen molar-refractivity contribution in [3.63, 3.8) is 0 Å². The lowest BCUT2D eigenvalue weighted by molar-refractivity contribution is -0.140. The predicted molar refractivity (Wildman–Crippen MR) is 165 cm³/mol. The normalized spacial score (nSPS) is 22.9. The Labute approximate surface area is 259 Å². The number of fused-ring (bicyclic) bond motifs is 6. The van der Waals surface area contributed by atoms with Crippen molar-refractivity contribution < 1.29 is 28.6 Å². The molecule has 1 aromatic heterocycles. The minimum absolute atomic E-state index is 0.0163. The van der Waals surface area contributed by atoms with Gasteiger partial charge in [-0.05, 0) is 79.7 Å². The van der Waals surface area contributed by atoms with Crippen molar-refractivity contribution in [2.45, 2.75) is 57.4 Å². The number of nitrogens with two attached hydrogens (primary N) is 1. The van der Waals surface area contributed by atoms with Gasteiger partial charge in [0.25, 0.3) is 5.91 Å². The highest BCUT2D eigenvalue weighted by Crippen LogP contribution is 2.38. The van der Waals surface area contributed by atoms with Gasteiger partial charge in [-0.3, -0.25) is 14.4 Å². The van der Waals surface area contributed by atoms with E-state index in [1.807, 2.05) is 15.9 Å². The maximum Gasteiger partial charge on any atom is 0.276 e. The van der Waals surface area contributed by atoms with E-state index in [1.165, 1.54) is 0 Å². The van der Waals surface area contributed by atoms with E-state index in [9.17, 15) is 14.4 Å². The van der Waals surface area contributed by atoms with Gasteiger partial charge in [0, 0.05) is 57.8 Å². The SMILES string of the molecule is COc1cc2cc(c1OC)CCCNC(=O)CCC[C@H]1[C@@H]3C[C@@H](CN(C(=O)c4ncccc4OCCN)C3)CN1C(=O)CC2. The summed E-state index contributed by atoms with van der Waals surface area (Å²) in [7, 11) is 3.25. The molecule has 3 aliphatic rings. The molecule has 3 atom stereocenters. The van der Waals surface area contributed by atoms with Gasteiger partial charge in [-0.2, -0.15) is 0 Å². The summed E-state index contributed by atoms with van der Waals surface area (Å²) in [4.78, 5) is 48.5. The van der Waals surface area contributed by atoms with E-state index in [4.69, 9.17) is 19.9 Å². The number of likely N-dealkylation sites (tertiary alicyclic amines) is 1. The molecule has 0 unspecified atom stereocenters. The number of piperidine rings is 2. The average Bonchev–Trinajstić information content (AvgIpc) is 3.04. The Morgan fingerprint density at radius 2 is 1.91 bits per heavy atom. The summed E-state index contributed by atoms with van der Waals surface area (Å²) in [6, 6.07) is 7.49. The van der Waals surface area contributed by atoms with E-state index < -0.39 is 0 Å². The molecular weight excluding hydrogens is 562 g/mol. The summed E-state index contributed by atoms with van der Waals surface area (Å²) in [6.07, 6.45) is 6.81. The number of amides is 3. The van der Waals surface area contributed by atoms with E-state index in [-0.39, 0.29) is 41.3 Å². The van der Waals surface area contributed by atoms with Gasteiger partial charge in [0.1, 0.15) is 6.61 Å². The van der Waals surface area contributed by atoms with Crippen LogP contribution in [0.4, 0.5) is 0 Å². The summed E-state index contributed by atoms with van der Waals surface area (Å²) < 4.78 is 17.0. The molecule has 11 heteroatoms. The van der Waals surface area contributed by atoms with Crippen LogP contribution in [0, 0.1) is 11.8 Å². The van der Waals surface area contributed by atoms with Gasteiger partial charge in [-0.15, -0.1) is 0 Å². The first-order chi connectivity index (χ1) is 21.4. The quantitative estimate of drug-likeness (QED) is 0.512. The zero-order chi connectivity index (χ0) is 31.1. The van der Waals surface area contributed by atoms with Gasteiger partial charge >= 0.3 is 0 Å². The second-order valence-corrected chi connectivity index (χ2v) is 12.0. The van der Waals surface area contributed by atoms with Crippen LogP contribution in [0.2, 0.25) is 0 Å². The number of hydrogen-bond acceptors (Lipinski definition) is 8. The average molecular weight is 608 g/mol. The highest BCUT2D eigenvalue weighted by molar-refractivity contribution is 5.95. The highest BCUT2D eigenvalue weighted by atomic mass is 16.5. The van der Waals surface area contributed by atoms with E-state index in [0.29, 0.717) is 88.7 Å². The zero-order valence-electron chi connectivity index (χ0n) is 25.9. The number of ether oxygens (including phenoxy) is 3. The van der Waals surface area contributed by atoms with Crippen molar-refractivity contribution in [2.75, 3.05) is 53.6 Å². The fraction of sp³-hybridized carbons (Fsp3) is 0.576. The second kappa shape index (κ2) is 14.7. The molecular formula is C33H45N5O6. The number of nitrogens with zero attached hydrogens (tertiary/aromatic N) is 3. The van der Waals surface area contributed by atoms with Crippen molar-refractivity contribution in [1.29, 1.82) is 0 Å². The minimum Gasteiger partial charge on any atom is -0.493 e. The summed E-state index contributed by atoms with van der Waals surface area (Å²) in [5, 5.41) is 3.05. The van der Waals surface area contributed by atoms with Crippen LogP contribution in [0.3, 0.4) is 0 Å². The summed E-state index contributed by atoms with van der Waals surface area (Å²) in [5.41, 5.74) is 7.94. The predicted octanol–water partition coefficient (Wildman–Crippen LogP) is 2.59. The van der Waals surface area contributed by atoms with Crippen molar-refractivity contribution in [2.24, 2.45) is 17.6 Å². The van der Waals surface area contributed by atoms with E-state index in [1.54, 1.807) is 32.5 Å². The molecule has 2 fully saturated rings. The molecule has 3 aliphatic heterocycles. The Balaban J connectivity index is 1.36. The Morgan fingerprint density at radius 3 is 2.70 bits per heavy atom. The van der Waals surface area contributed by atoms with E-state index in [2.05, 4.69) is 16.4 Å². The van der Waals surface area contributed by atoms with Crippen molar-refractivity contribution in [1.82, 2.24) is 20.1 Å². The number of carbonyl (C=O) groups is 3. The Bertz CT molecular complexity index is 1340. The third-order valence-electron chi connectivity index (χ3n) is 9.02. The lowest BCUT2D eigenvalue weighted by Crippen LogP contribution is -2.60. The van der Waals surface area contributed by atoms with Gasteiger partial charge in [0.15, 0.2) is 22.9 Å². The van der Waals surface area contributed by atoms with Crippen molar-refractivity contribution in [3.8, 4) is 17.2 Å². The van der Waals surface area contributed by atoms with Gasteiger partial charge in [-0.1, -0.05) is 6.07 Å². The molecule has 4 bridgehead atoms. The first-order valence-electron chi connectivity index (χ1n) is 15.8. The van der Waals surface area contributed by atoms with E-state index >= 15 is 0 Å². The molecule has 2 saturated heterocycles. The molecule has 11 nitrogen and oxygen atoms in total. The van der Waals surface area contributed by atoms with Gasteiger partial charge < -0.3 is 35.1 Å².